The molecule has 5 nitrogen and oxygen atoms in total. The van der Waals surface area contributed by atoms with Gasteiger partial charge in [0.2, 0.25) is 5.91 Å². The van der Waals surface area contributed by atoms with Crippen LogP contribution in [0.25, 0.3) is 5.69 Å². The molecule has 0 spiro atoms. The van der Waals surface area contributed by atoms with Gasteiger partial charge in [-0.05, 0) is 50.6 Å². The summed E-state index contributed by atoms with van der Waals surface area (Å²) in [4.78, 5) is 12.6. The highest BCUT2D eigenvalue weighted by Gasteiger charge is 2.21. The van der Waals surface area contributed by atoms with Crippen molar-refractivity contribution >= 4 is 46.6 Å². The number of thioether (sulfide) groups is 1. The highest BCUT2D eigenvalue weighted by molar-refractivity contribution is 8.00. The maximum Gasteiger partial charge on any atom is 0.237 e. The number of rotatable bonds is 5. The van der Waals surface area contributed by atoms with E-state index in [1.54, 1.807) is 18.2 Å². The van der Waals surface area contributed by atoms with Gasteiger partial charge in [-0.2, -0.15) is 0 Å². The van der Waals surface area contributed by atoms with Crippen LogP contribution in [0.5, 0.6) is 0 Å². The first-order chi connectivity index (χ1) is 12.9. The van der Waals surface area contributed by atoms with Gasteiger partial charge in [0.05, 0.1) is 21.6 Å². The first kappa shape index (κ1) is 19.7. The monoisotopic (exact) mass is 420 g/mol. The molecule has 3 aromatic rings. The number of para-hydroxylation sites is 1. The van der Waals surface area contributed by atoms with Gasteiger partial charge >= 0.3 is 0 Å². The smallest absolute Gasteiger partial charge is 0.237 e. The van der Waals surface area contributed by atoms with E-state index in [1.165, 1.54) is 11.8 Å². The number of anilines is 1. The standard InChI is InChI=1S/C19H18Cl2N4OS/c1-11-6-4-5-7-17(11)25-13(3)23-24-19(25)27-12(2)18(26)22-16-10-14(20)8-9-15(16)21/h4-10,12H,1-3H3,(H,22,26). The minimum Gasteiger partial charge on any atom is -0.324 e. The van der Waals surface area contributed by atoms with Crippen LogP contribution in [-0.4, -0.2) is 25.9 Å². The summed E-state index contributed by atoms with van der Waals surface area (Å²) in [5.41, 5.74) is 2.58. The lowest BCUT2D eigenvalue weighted by Crippen LogP contribution is -2.23. The van der Waals surface area contributed by atoms with E-state index in [0.29, 0.717) is 20.9 Å². The molecule has 1 unspecified atom stereocenters. The van der Waals surface area contributed by atoms with Crippen LogP contribution in [0.1, 0.15) is 18.3 Å². The Morgan fingerprint density at radius 1 is 1.15 bits per heavy atom. The molecule has 1 N–H and O–H groups in total. The van der Waals surface area contributed by atoms with E-state index in [9.17, 15) is 4.79 Å². The van der Waals surface area contributed by atoms with Crippen LogP contribution < -0.4 is 5.32 Å². The average molecular weight is 421 g/mol. The molecule has 0 fully saturated rings. The van der Waals surface area contributed by atoms with Gasteiger partial charge in [-0.15, -0.1) is 10.2 Å². The summed E-state index contributed by atoms with van der Waals surface area (Å²) in [5.74, 6) is 0.568. The Morgan fingerprint density at radius 2 is 1.89 bits per heavy atom. The van der Waals surface area contributed by atoms with Crippen molar-refractivity contribution in [1.82, 2.24) is 14.8 Å². The molecule has 1 atom stereocenters. The molecular weight excluding hydrogens is 403 g/mol. The fourth-order valence-corrected chi connectivity index (χ4v) is 3.79. The summed E-state index contributed by atoms with van der Waals surface area (Å²) in [6.45, 7) is 5.73. The Kier molecular flexibility index (Phi) is 6.09. The molecular formula is C19H18Cl2N4OS. The molecule has 0 aliphatic rings. The molecule has 2 aromatic carbocycles. The van der Waals surface area contributed by atoms with Crippen LogP contribution in [0.15, 0.2) is 47.6 Å². The Bertz CT molecular complexity index is 990. The topological polar surface area (TPSA) is 59.8 Å². The van der Waals surface area contributed by atoms with Crippen LogP contribution in [0, 0.1) is 13.8 Å². The maximum absolute atomic E-state index is 12.6. The summed E-state index contributed by atoms with van der Waals surface area (Å²) >= 11 is 13.4. The zero-order chi connectivity index (χ0) is 19.6. The van der Waals surface area contributed by atoms with Crippen molar-refractivity contribution in [1.29, 1.82) is 0 Å². The van der Waals surface area contributed by atoms with Gasteiger partial charge in [0.1, 0.15) is 5.82 Å². The molecule has 0 radical (unpaired) electrons. The van der Waals surface area contributed by atoms with Gasteiger partial charge in [-0.25, -0.2) is 0 Å². The van der Waals surface area contributed by atoms with Gasteiger partial charge in [0, 0.05) is 5.02 Å². The Labute approximate surface area is 172 Å². The van der Waals surface area contributed by atoms with Crippen molar-refractivity contribution < 1.29 is 4.79 Å². The lowest BCUT2D eigenvalue weighted by atomic mass is 10.2. The number of aryl methyl sites for hydroxylation is 2. The second kappa shape index (κ2) is 8.33. The highest BCUT2D eigenvalue weighted by atomic mass is 35.5. The van der Waals surface area contributed by atoms with Crippen LogP contribution in [-0.2, 0) is 4.79 Å². The number of hydrogen-bond donors (Lipinski definition) is 1. The van der Waals surface area contributed by atoms with Gasteiger partial charge in [-0.1, -0.05) is 53.2 Å². The summed E-state index contributed by atoms with van der Waals surface area (Å²) < 4.78 is 1.95. The molecule has 0 aliphatic carbocycles. The maximum atomic E-state index is 12.6. The Morgan fingerprint density at radius 3 is 2.63 bits per heavy atom. The SMILES string of the molecule is Cc1ccccc1-n1c(C)nnc1SC(C)C(=O)Nc1cc(Cl)ccc1Cl. The number of carbonyl (C=O) groups is 1. The second-order valence-corrected chi connectivity index (χ2v) is 8.18. The van der Waals surface area contributed by atoms with Gasteiger partial charge < -0.3 is 5.32 Å². The Balaban J connectivity index is 1.81. The normalized spacial score (nSPS) is 12.0. The van der Waals surface area contributed by atoms with E-state index >= 15 is 0 Å². The number of nitrogens with one attached hydrogen (secondary N) is 1. The number of carbonyl (C=O) groups excluding carboxylic acids is 1. The molecule has 1 amide bonds. The number of halogens is 2. The number of amides is 1. The van der Waals surface area contributed by atoms with Crippen molar-refractivity contribution in [2.45, 2.75) is 31.2 Å². The van der Waals surface area contributed by atoms with E-state index in [0.717, 1.165) is 17.1 Å². The predicted octanol–water partition coefficient (Wildman–Crippen LogP) is 5.31. The minimum absolute atomic E-state index is 0.193. The van der Waals surface area contributed by atoms with E-state index < -0.39 is 5.25 Å². The molecule has 27 heavy (non-hydrogen) atoms. The van der Waals surface area contributed by atoms with Crippen LogP contribution in [0.4, 0.5) is 5.69 Å². The summed E-state index contributed by atoms with van der Waals surface area (Å²) in [5, 5.41) is 12.4. The molecule has 0 aliphatic heterocycles. The first-order valence-corrected chi connectivity index (χ1v) is 9.91. The highest BCUT2D eigenvalue weighted by Crippen LogP contribution is 2.29. The predicted molar refractivity (Wildman–Crippen MR) is 111 cm³/mol. The van der Waals surface area contributed by atoms with Gasteiger partial charge in [0.15, 0.2) is 5.16 Å². The minimum atomic E-state index is -0.411. The number of hydrogen-bond acceptors (Lipinski definition) is 4. The summed E-state index contributed by atoms with van der Waals surface area (Å²) in [7, 11) is 0. The molecule has 0 saturated carbocycles. The molecule has 1 heterocycles. The Hall–Kier alpha value is -2.02. The van der Waals surface area contributed by atoms with E-state index in [1.807, 2.05) is 49.6 Å². The van der Waals surface area contributed by atoms with Crippen molar-refractivity contribution in [3.63, 3.8) is 0 Å². The fourth-order valence-electron chi connectivity index (χ4n) is 2.55. The van der Waals surface area contributed by atoms with Crippen molar-refractivity contribution in [2.24, 2.45) is 0 Å². The third-order valence-electron chi connectivity index (χ3n) is 3.99. The molecule has 0 bridgehead atoms. The van der Waals surface area contributed by atoms with Crippen LogP contribution >= 0.6 is 35.0 Å². The largest absolute Gasteiger partial charge is 0.324 e. The van der Waals surface area contributed by atoms with Crippen molar-refractivity contribution in [3.8, 4) is 5.69 Å². The lowest BCUT2D eigenvalue weighted by molar-refractivity contribution is -0.115. The average Bonchev–Trinajstić information content (AvgIpc) is 2.98. The molecule has 8 heteroatoms. The molecule has 3 rings (SSSR count). The quantitative estimate of drug-likeness (QED) is 0.568. The number of aromatic nitrogens is 3. The van der Waals surface area contributed by atoms with Crippen LogP contribution in [0.3, 0.4) is 0 Å². The van der Waals surface area contributed by atoms with Crippen molar-refractivity contribution in [2.75, 3.05) is 5.32 Å². The molecule has 1 aromatic heterocycles. The fraction of sp³-hybridized carbons (Fsp3) is 0.211. The third kappa shape index (κ3) is 4.46. The zero-order valence-electron chi connectivity index (χ0n) is 15.0. The number of nitrogens with zero attached hydrogens (tertiary/aromatic N) is 3. The molecule has 140 valence electrons. The van der Waals surface area contributed by atoms with Crippen molar-refractivity contribution in [3.05, 3.63) is 63.9 Å². The van der Waals surface area contributed by atoms with E-state index in [4.69, 9.17) is 23.2 Å². The van der Waals surface area contributed by atoms with Gasteiger partial charge in [-0.3, -0.25) is 9.36 Å². The van der Waals surface area contributed by atoms with E-state index in [2.05, 4.69) is 15.5 Å². The summed E-state index contributed by atoms with van der Waals surface area (Å²) in [6, 6.07) is 12.9. The summed E-state index contributed by atoms with van der Waals surface area (Å²) in [6.07, 6.45) is 0. The molecule has 0 saturated heterocycles. The first-order valence-electron chi connectivity index (χ1n) is 8.27. The third-order valence-corrected chi connectivity index (χ3v) is 5.60. The van der Waals surface area contributed by atoms with Crippen LogP contribution in [0.2, 0.25) is 10.0 Å². The zero-order valence-corrected chi connectivity index (χ0v) is 17.4. The lowest BCUT2D eigenvalue weighted by Gasteiger charge is -2.15. The van der Waals surface area contributed by atoms with Gasteiger partial charge in [0.25, 0.3) is 0 Å². The number of benzene rings is 2. The second-order valence-electron chi connectivity index (χ2n) is 6.03. The van der Waals surface area contributed by atoms with E-state index in [-0.39, 0.29) is 5.91 Å².